The van der Waals surface area contributed by atoms with Gasteiger partial charge in [-0.3, -0.25) is 14.5 Å². The van der Waals surface area contributed by atoms with Gasteiger partial charge in [-0.05, 0) is 49.4 Å². The summed E-state index contributed by atoms with van der Waals surface area (Å²) in [5.41, 5.74) is 2.26. The molecule has 2 aromatic heterocycles. The number of amides is 1. The van der Waals surface area contributed by atoms with Crippen LogP contribution in [0.5, 0.6) is 0 Å². The number of nitrogens with zero attached hydrogens (tertiary/aromatic N) is 2. The molecule has 4 rings (SSSR count). The fraction of sp³-hybridized carbons (Fsp3) is 0.0952. The average molecular weight is 471 g/mol. The Morgan fingerprint density at radius 2 is 1.81 bits per heavy atom. The van der Waals surface area contributed by atoms with Crippen LogP contribution in [0.3, 0.4) is 0 Å². The predicted molar refractivity (Wildman–Crippen MR) is 125 cm³/mol. The third-order valence-electron chi connectivity index (χ3n) is 4.24. The standard InChI is InChI=1S/C21H18N4O3S3/c1-14-2-5-17(6-3-14)31(27,28)25-21-24-18-7-4-15(12-19(18)30-21)23-20(26)13-29-16-8-10-22-11-9-16/h2-12H,13H2,1H3,(H,23,26)(H,24,25). The SMILES string of the molecule is Cc1ccc(S(=O)(=O)Nc2nc3ccc(NC(=O)CSc4ccncc4)cc3s2)cc1. The van der Waals surface area contributed by atoms with Gasteiger partial charge in [0.15, 0.2) is 5.13 Å². The maximum absolute atomic E-state index is 12.6. The number of aromatic nitrogens is 2. The minimum Gasteiger partial charge on any atom is -0.325 e. The average Bonchev–Trinajstić information content (AvgIpc) is 3.14. The van der Waals surface area contributed by atoms with Gasteiger partial charge in [0.1, 0.15) is 0 Å². The smallest absolute Gasteiger partial charge is 0.263 e. The van der Waals surface area contributed by atoms with E-state index < -0.39 is 10.0 Å². The molecule has 0 bridgehead atoms. The fourth-order valence-electron chi connectivity index (χ4n) is 2.72. The van der Waals surface area contributed by atoms with Crippen LogP contribution in [0.1, 0.15) is 5.56 Å². The van der Waals surface area contributed by atoms with Gasteiger partial charge in [0.25, 0.3) is 10.0 Å². The Bertz CT molecular complexity index is 1320. The maximum Gasteiger partial charge on any atom is 0.263 e. The number of anilines is 2. The number of carbonyl (C=O) groups is 1. The van der Waals surface area contributed by atoms with Crippen LogP contribution in [0.2, 0.25) is 0 Å². The van der Waals surface area contributed by atoms with Gasteiger partial charge < -0.3 is 5.32 Å². The van der Waals surface area contributed by atoms with Crippen molar-refractivity contribution in [3.8, 4) is 0 Å². The summed E-state index contributed by atoms with van der Waals surface area (Å²) in [6.45, 7) is 1.89. The Balaban J connectivity index is 1.44. The number of hydrogen-bond acceptors (Lipinski definition) is 7. The minimum absolute atomic E-state index is 0.133. The van der Waals surface area contributed by atoms with Crippen molar-refractivity contribution in [3.63, 3.8) is 0 Å². The van der Waals surface area contributed by atoms with Crippen LogP contribution in [-0.2, 0) is 14.8 Å². The van der Waals surface area contributed by atoms with E-state index in [1.807, 2.05) is 19.1 Å². The van der Waals surface area contributed by atoms with Crippen molar-refractivity contribution >= 4 is 60.1 Å². The van der Waals surface area contributed by atoms with E-state index in [0.29, 0.717) is 11.2 Å². The van der Waals surface area contributed by atoms with Gasteiger partial charge in [-0.15, -0.1) is 11.8 Å². The predicted octanol–water partition coefficient (Wildman–Crippen LogP) is 4.53. The lowest BCUT2D eigenvalue weighted by molar-refractivity contribution is -0.113. The zero-order chi connectivity index (χ0) is 21.8. The van der Waals surface area contributed by atoms with E-state index >= 15 is 0 Å². The van der Waals surface area contributed by atoms with Gasteiger partial charge in [0.2, 0.25) is 5.91 Å². The van der Waals surface area contributed by atoms with E-state index in [1.165, 1.54) is 23.1 Å². The molecule has 2 N–H and O–H groups in total. The van der Waals surface area contributed by atoms with Crippen molar-refractivity contribution < 1.29 is 13.2 Å². The van der Waals surface area contributed by atoms with Crippen molar-refractivity contribution in [2.75, 3.05) is 15.8 Å². The highest BCUT2D eigenvalue weighted by molar-refractivity contribution is 8.00. The summed E-state index contributed by atoms with van der Waals surface area (Å²) < 4.78 is 28.5. The van der Waals surface area contributed by atoms with Gasteiger partial charge in [-0.2, -0.15) is 0 Å². The van der Waals surface area contributed by atoms with Crippen LogP contribution in [0.25, 0.3) is 10.2 Å². The Morgan fingerprint density at radius 1 is 1.06 bits per heavy atom. The Morgan fingerprint density at radius 3 is 2.55 bits per heavy atom. The van der Waals surface area contributed by atoms with Crippen molar-refractivity contribution in [1.82, 2.24) is 9.97 Å². The molecule has 1 amide bonds. The zero-order valence-electron chi connectivity index (χ0n) is 16.4. The van der Waals surface area contributed by atoms with E-state index in [2.05, 4.69) is 20.0 Å². The van der Waals surface area contributed by atoms with Crippen LogP contribution in [-0.4, -0.2) is 30.0 Å². The summed E-state index contributed by atoms with van der Waals surface area (Å²) in [5.74, 6) is 0.137. The lowest BCUT2D eigenvalue weighted by Gasteiger charge is -2.05. The second-order valence-electron chi connectivity index (χ2n) is 6.64. The van der Waals surface area contributed by atoms with Gasteiger partial charge in [0.05, 0.1) is 20.9 Å². The summed E-state index contributed by atoms with van der Waals surface area (Å²) in [6, 6.07) is 15.6. The molecule has 0 atom stereocenters. The highest BCUT2D eigenvalue weighted by Gasteiger charge is 2.16. The van der Waals surface area contributed by atoms with Gasteiger partial charge in [-0.1, -0.05) is 29.0 Å². The van der Waals surface area contributed by atoms with Crippen LogP contribution in [0, 0.1) is 6.92 Å². The zero-order valence-corrected chi connectivity index (χ0v) is 18.9. The van der Waals surface area contributed by atoms with Gasteiger partial charge >= 0.3 is 0 Å². The van der Waals surface area contributed by atoms with E-state index in [4.69, 9.17) is 0 Å². The summed E-state index contributed by atoms with van der Waals surface area (Å²) in [7, 11) is -3.72. The molecule has 31 heavy (non-hydrogen) atoms. The number of nitrogens with one attached hydrogen (secondary N) is 2. The number of thioether (sulfide) groups is 1. The molecule has 0 aliphatic heterocycles. The molecule has 4 aromatic rings. The van der Waals surface area contributed by atoms with E-state index in [-0.39, 0.29) is 21.7 Å². The molecule has 158 valence electrons. The molecular weight excluding hydrogens is 452 g/mol. The monoisotopic (exact) mass is 470 g/mol. The van der Waals surface area contributed by atoms with Crippen LogP contribution in [0.4, 0.5) is 10.8 Å². The van der Waals surface area contributed by atoms with Crippen molar-refractivity contribution in [2.24, 2.45) is 0 Å². The van der Waals surface area contributed by atoms with Crippen molar-refractivity contribution in [1.29, 1.82) is 0 Å². The molecule has 0 aliphatic carbocycles. The quantitative estimate of drug-likeness (QED) is 0.385. The number of rotatable bonds is 7. The number of aryl methyl sites for hydroxylation is 1. The molecule has 0 saturated heterocycles. The summed E-state index contributed by atoms with van der Waals surface area (Å²) in [5, 5.41) is 3.13. The molecule has 0 radical (unpaired) electrons. The number of carbonyl (C=O) groups excluding carboxylic acids is 1. The Hall–Kier alpha value is -2.95. The molecule has 0 aliphatic rings. The lowest BCUT2D eigenvalue weighted by atomic mass is 10.2. The number of hydrogen-bond donors (Lipinski definition) is 2. The topological polar surface area (TPSA) is 101 Å². The first-order chi connectivity index (χ1) is 14.9. The van der Waals surface area contributed by atoms with Gasteiger partial charge in [0, 0.05) is 23.0 Å². The molecule has 0 fully saturated rings. The summed E-state index contributed by atoms with van der Waals surface area (Å²) in [4.78, 5) is 21.7. The maximum atomic E-state index is 12.6. The first-order valence-electron chi connectivity index (χ1n) is 9.22. The molecular formula is C21H18N4O3S3. The third-order valence-corrected chi connectivity index (χ3v) is 7.67. The highest BCUT2D eigenvalue weighted by atomic mass is 32.2. The Kier molecular flexibility index (Phi) is 6.21. The molecule has 0 spiro atoms. The number of benzene rings is 2. The highest BCUT2D eigenvalue weighted by Crippen LogP contribution is 2.30. The molecule has 0 unspecified atom stereocenters. The largest absolute Gasteiger partial charge is 0.325 e. The fourth-order valence-corrected chi connectivity index (χ4v) is 5.54. The second-order valence-corrected chi connectivity index (χ2v) is 10.4. The molecule has 7 nitrogen and oxygen atoms in total. The first-order valence-corrected chi connectivity index (χ1v) is 12.5. The van der Waals surface area contributed by atoms with Crippen molar-refractivity contribution in [2.45, 2.75) is 16.7 Å². The van der Waals surface area contributed by atoms with Gasteiger partial charge in [-0.25, -0.2) is 13.4 Å². The van der Waals surface area contributed by atoms with Crippen LogP contribution in [0.15, 0.2) is 76.8 Å². The molecule has 10 heteroatoms. The second kappa shape index (κ2) is 9.04. The van der Waals surface area contributed by atoms with Crippen LogP contribution >= 0.6 is 23.1 Å². The van der Waals surface area contributed by atoms with E-state index in [0.717, 1.165) is 15.2 Å². The molecule has 2 aromatic carbocycles. The summed E-state index contributed by atoms with van der Waals surface area (Å²) >= 11 is 2.63. The summed E-state index contributed by atoms with van der Waals surface area (Å²) in [6.07, 6.45) is 3.37. The molecule has 0 saturated carbocycles. The minimum atomic E-state index is -3.72. The lowest BCUT2D eigenvalue weighted by Crippen LogP contribution is -2.13. The Labute approximate surface area is 188 Å². The number of fused-ring (bicyclic) bond motifs is 1. The van der Waals surface area contributed by atoms with Crippen LogP contribution < -0.4 is 10.0 Å². The number of thiazole rings is 1. The third kappa shape index (κ3) is 5.40. The number of sulfonamides is 1. The molecule has 2 heterocycles. The van der Waals surface area contributed by atoms with E-state index in [9.17, 15) is 13.2 Å². The first kappa shape index (κ1) is 21.3. The van der Waals surface area contributed by atoms with E-state index in [1.54, 1.807) is 54.9 Å². The van der Waals surface area contributed by atoms with Crippen molar-refractivity contribution in [3.05, 3.63) is 72.6 Å². The normalized spacial score (nSPS) is 11.4. The number of pyridine rings is 1.